The van der Waals surface area contributed by atoms with Crippen LogP contribution in [0.2, 0.25) is 0 Å². The molecule has 0 aliphatic heterocycles. The molecular formula is C11H14N2O5. The summed E-state index contributed by atoms with van der Waals surface area (Å²) in [5.41, 5.74) is 0.607. The number of carboxylic acids is 1. The molecule has 0 radical (unpaired) electrons. The van der Waals surface area contributed by atoms with Gasteiger partial charge in [-0.05, 0) is 13.0 Å². The van der Waals surface area contributed by atoms with E-state index in [0.717, 1.165) is 0 Å². The van der Waals surface area contributed by atoms with Crippen LogP contribution in [0.4, 0.5) is 0 Å². The minimum Gasteiger partial charge on any atom is -0.479 e. The number of aliphatic hydroxyl groups excluding tert-OH is 1. The van der Waals surface area contributed by atoms with E-state index in [9.17, 15) is 14.4 Å². The van der Waals surface area contributed by atoms with Crippen LogP contribution in [0.5, 0.6) is 0 Å². The lowest BCUT2D eigenvalue weighted by Crippen LogP contribution is -2.30. The van der Waals surface area contributed by atoms with E-state index >= 15 is 0 Å². The van der Waals surface area contributed by atoms with Gasteiger partial charge in [0.2, 0.25) is 0 Å². The number of aliphatic carboxylic acids is 1. The third-order valence-electron chi connectivity index (χ3n) is 2.32. The zero-order valence-electron chi connectivity index (χ0n) is 9.77. The van der Waals surface area contributed by atoms with Gasteiger partial charge < -0.3 is 20.5 Å². The Labute approximate surface area is 103 Å². The van der Waals surface area contributed by atoms with E-state index in [1.807, 2.05) is 0 Å². The zero-order valence-corrected chi connectivity index (χ0v) is 9.77. The van der Waals surface area contributed by atoms with Gasteiger partial charge in [0.15, 0.2) is 11.9 Å². The van der Waals surface area contributed by atoms with Crippen LogP contribution in [0.3, 0.4) is 0 Å². The second-order valence-corrected chi connectivity index (χ2v) is 3.76. The van der Waals surface area contributed by atoms with Crippen LogP contribution in [0.25, 0.3) is 0 Å². The van der Waals surface area contributed by atoms with Gasteiger partial charge in [0.1, 0.15) is 5.69 Å². The van der Waals surface area contributed by atoms with Crippen molar-refractivity contribution in [3.8, 4) is 0 Å². The number of aromatic amines is 1. The van der Waals surface area contributed by atoms with Crippen molar-refractivity contribution in [2.24, 2.45) is 0 Å². The van der Waals surface area contributed by atoms with Crippen LogP contribution >= 0.6 is 0 Å². The first-order valence-corrected chi connectivity index (χ1v) is 5.30. The van der Waals surface area contributed by atoms with E-state index in [4.69, 9.17) is 10.2 Å². The zero-order chi connectivity index (χ0) is 13.7. The number of aromatic nitrogens is 1. The summed E-state index contributed by atoms with van der Waals surface area (Å²) in [6.45, 7) is 1.41. The molecule has 0 spiro atoms. The average molecular weight is 254 g/mol. The number of amides is 1. The van der Waals surface area contributed by atoms with Gasteiger partial charge in [0, 0.05) is 24.7 Å². The third kappa shape index (κ3) is 3.70. The fraction of sp³-hybridized carbons (Fsp3) is 0.364. The van der Waals surface area contributed by atoms with E-state index < -0.39 is 18.0 Å². The average Bonchev–Trinajstić information content (AvgIpc) is 2.77. The molecule has 0 bridgehead atoms. The number of carbonyl (C=O) groups excluding carboxylic acids is 2. The van der Waals surface area contributed by atoms with Crippen molar-refractivity contribution >= 4 is 17.7 Å². The lowest BCUT2D eigenvalue weighted by molar-refractivity contribution is -0.146. The molecular weight excluding hydrogens is 240 g/mol. The van der Waals surface area contributed by atoms with Crippen LogP contribution in [-0.2, 0) is 4.79 Å². The topological polar surface area (TPSA) is 119 Å². The Morgan fingerprint density at radius 2 is 2.11 bits per heavy atom. The van der Waals surface area contributed by atoms with Crippen molar-refractivity contribution in [1.29, 1.82) is 0 Å². The first-order valence-electron chi connectivity index (χ1n) is 5.30. The molecule has 0 aliphatic rings. The highest BCUT2D eigenvalue weighted by molar-refractivity contribution is 5.99. The summed E-state index contributed by atoms with van der Waals surface area (Å²) in [4.78, 5) is 35.5. The van der Waals surface area contributed by atoms with Gasteiger partial charge in [-0.1, -0.05) is 0 Å². The molecule has 0 saturated heterocycles. The molecule has 0 aromatic carbocycles. The SMILES string of the molecule is CC(=O)c1c[nH]c(C(=O)NCCC(O)C(=O)O)c1. The predicted molar refractivity (Wildman–Crippen MR) is 61.4 cm³/mol. The molecule has 1 atom stereocenters. The minimum absolute atomic E-state index is 0.0285. The van der Waals surface area contributed by atoms with Crippen molar-refractivity contribution in [1.82, 2.24) is 10.3 Å². The number of Topliss-reactive ketones (excluding diaryl/α,β-unsaturated/α-hetero) is 1. The van der Waals surface area contributed by atoms with Crippen molar-refractivity contribution in [3.63, 3.8) is 0 Å². The Morgan fingerprint density at radius 1 is 1.44 bits per heavy atom. The second kappa shape index (κ2) is 5.97. The summed E-state index contributed by atoms with van der Waals surface area (Å²) < 4.78 is 0. The van der Waals surface area contributed by atoms with Crippen molar-refractivity contribution in [2.75, 3.05) is 6.54 Å². The number of aliphatic hydroxyl groups is 1. The number of hydrogen-bond donors (Lipinski definition) is 4. The van der Waals surface area contributed by atoms with Gasteiger partial charge in [-0.2, -0.15) is 0 Å². The first-order chi connectivity index (χ1) is 8.41. The Morgan fingerprint density at radius 3 is 2.61 bits per heavy atom. The molecule has 1 aromatic rings. The summed E-state index contributed by atoms with van der Waals surface area (Å²) in [5, 5.41) is 19.8. The number of H-pyrrole nitrogens is 1. The van der Waals surface area contributed by atoms with Crippen LogP contribution < -0.4 is 5.32 Å². The molecule has 18 heavy (non-hydrogen) atoms. The third-order valence-corrected chi connectivity index (χ3v) is 2.32. The Bertz CT molecular complexity index is 466. The highest BCUT2D eigenvalue weighted by atomic mass is 16.4. The van der Waals surface area contributed by atoms with Crippen LogP contribution in [-0.4, -0.2) is 45.5 Å². The predicted octanol–water partition coefficient (Wildman–Crippen LogP) is -0.217. The van der Waals surface area contributed by atoms with E-state index in [-0.39, 0.29) is 24.4 Å². The molecule has 0 saturated carbocycles. The number of carboxylic acid groups (broad SMARTS) is 1. The lowest BCUT2D eigenvalue weighted by atomic mass is 10.2. The molecule has 4 N–H and O–H groups in total. The molecule has 1 unspecified atom stereocenters. The summed E-state index contributed by atoms with van der Waals surface area (Å²) in [6.07, 6.45) is -0.160. The summed E-state index contributed by atoms with van der Waals surface area (Å²) in [6, 6.07) is 1.41. The second-order valence-electron chi connectivity index (χ2n) is 3.76. The number of rotatable bonds is 6. The standard InChI is InChI=1S/C11H14N2O5/c1-6(14)7-4-8(13-5-7)10(16)12-3-2-9(15)11(17)18/h4-5,9,13,15H,2-3H2,1H3,(H,12,16)(H,17,18). The van der Waals surface area contributed by atoms with E-state index in [2.05, 4.69) is 10.3 Å². The maximum absolute atomic E-state index is 11.5. The summed E-state index contributed by atoms with van der Waals surface area (Å²) in [7, 11) is 0. The normalized spacial score (nSPS) is 11.9. The fourth-order valence-corrected chi connectivity index (χ4v) is 1.27. The smallest absolute Gasteiger partial charge is 0.332 e. The van der Waals surface area contributed by atoms with Gasteiger partial charge in [0.05, 0.1) is 0 Å². The monoisotopic (exact) mass is 254 g/mol. The van der Waals surface area contributed by atoms with Gasteiger partial charge in [-0.25, -0.2) is 4.79 Å². The number of hydrogen-bond acceptors (Lipinski definition) is 4. The summed E-state index contributed by atoms with van der Waals surface area (Å²) in [5.74, 6) is -1.95. The van der Waals surface area contributed by atoms with Crippen molar-refractivity contribution < 1.29 is 24.6 Å². The molecule has 1 heterocycles. The van der Waals surface area contributed by atoms with E-state index in [0.29, 0.717) is 5.56 Å². The lowest BCUT2D eigenvalue weighted by Gasteiger charge is -2.06. The molecule has 98 valence electrons. The summed E-state index contributed by atoms with van der Waals surface area (Å²) >= 11 is 0. The maximum atomic E-state index is 11.5. The molecule has 7 nitrogen and oxygen atoms in total. The van der Waals surface area contributed by atoms with Crippen molar-refractivity contribution in [3.05, 3.63) is 23.5 Å². The fourth-order valence-electron chi connectivity index (χ4n) is 1.27. The largest absolute Gasteiger partial charge is 0.479 e. The van der Waals surface area contributed by atoms with Gasteiger partial charge >= 0.3 is 5.97 Å². The van der Waals surface area contributed by atoms with Gasteiger partial charge in [0.25, 0.3) is 5.91 Å². The molecule has 0 fully saturated rings. The molecule has 1 rings (SSSR count). The molecule has 0 aliphatic carbocycles. The first kappa shape index (κ1) is 13.9. The number of carbonyl (C=O) groups is 3. The Hall–Kier alpha value is -2.15. The minimum atomic E-state index is -1.50. The molecule has 1 amide bonds. The maximum Gasteiger partial charge on any atom is 0.332 e. The Balaban J connectivity index is 2.45. The van der Waals surface area contributed by atoms with Crippen LogP contribution in [0.15, 0.2) is 12.3 Å². The number of nitrogens with one attached hydrogen (secondary N) is 2. The van der Waals surface area contributed by atoms with Gasteiger partial charge in [-0.15, -0.1) is 0 Å². The van der Waals surface area contributed by atoms with E-state index in [1.54, 1.807) is 0 Å². The number of ketones is 1. The Kier molecular flexibility index (Phi) is 4.61. The molecule has 7 heteroatoms. The van der Waals surface area contributed by atoms with Crippen molar-refractivity contribution in [2.45, 2.75) is 19.4 Å². The van der Waals surface area contributed by atoms with E-state index in [1.165, 1.54) is 19.2 Å². The van der Waals surface area contributed by atoms with Crippen LogP contribution in [0.1, 0.15) is 34.2 Å². The highest BCUT2D eigenvalue weighted by Crippen LogP contribution is 2.04. The quantitative estimate of drug-likeness (QED) is 0.523. The van der Waals surface area contributed by atoms with Crippen LogP contribution in [0, 0.1) is 0 Å². The molecule has 1 aromatic heterocycles. The highest BCUT2D eigenvalue weighted by Gasteiger charge is 2.14. The van der Waals surface area contributed by atoms with Gasteiger partial charge in [-0.3, -0.25) is 9.59 Å².